The van der Waals surface area contributed by atoms with Gasteiger partial charge in [0.25, 0.3) is 5.91 Å². The third-order valence-electron chi connectivity index (χ3n) is 7.47. The summed E-state index contributed by atoms with van der Waals surface area (Å²) >= 11 is 0. The lowest BCUT2D eigenvalue weighted by molar-refractivity contribution is -0.129. The minimum atomic E-state index is -3.17. The number of carbonyl (C=O) groups is 1. The molecule has 2 atom stereocenters. The second-order valence-electron chi connectivity index (χ2n) is 10.7. The predicted molar refractivity (Wildman–Crippen MR) is 146 cm³/mol. The van der Waals surface area contributed by atoms with Crippen LogP contribution in [-0.2, 0) is 14.8 Å². The number of nitrogens with zero attached hydrogens (tertiary/aromatic N) is 4. The van der Waals surface area contributed by atoms with Crippen molar-refractivity contribution in [1.29, 1.82) is 0 Å². The number of rotatable bonds is 5. The van der Waals surface area contributed by atoms with Crippen molar-refractivity contribution in [1.82, 2.24) is 14.3 Å². The van der Waals surface area contributed by atoms with E-state index in [9.17, 15) is 13.2 Å². The Hall–Kier alpha value is -3.70. The molecule has 0 saturated carbocycles. The number of aryl methyl sites for hydroxylation is 1. The maximum Gasteiger partial charge on any atom is 0.268 e. The van der Waals surface area contributed by atoms with Crippen LogP contribution >= 0.6 is 0 Å². The second-order valence-corrected chi connectivity index (χ2v) is 12.6. The molecular formula is C27H30N6O4S. The lowest BCUT2D eigenvalue weighted by atomic mass is 10.0. The fourth-order valence-electron chi connectivity index (χ4n) is 5.56. The smallest absolute Gasteiger partial charge is 0.268 e. The molecule has 0 spiro atoms. The molecule has 38 heavy (non-hydrogen) atoms. The van der Waals surface area contributed by atoms with Gasteiger partial charge in [-0.05, 0) is 69.2 Å². The molecule has 3 aliphatic rings. The lowest BCUT2D eigenvalue weighted by Crippen LogP contribution is -2.48. The molecule has 1 amide bonds. The van der Waals surface area contributed by atoms with Gasteiger partial charge in [-0.2, -0.15) is 4.31 Å². The molecule has 198 valence electrons. The van der Waals surface area contributed by atoms with Crippen LogP contribution in [0.2, 0.25) is 0 Å². The number of anilines is 4. The summed E-state index contributed by atoms with van der Waals surface area (Å²) in [5.74, 6) is 0.883. The summed E-state index contributed by atoms with van der Waals surface area (Å²) in [6.45, 7) is 6.78. The van der Waals surface area contributed by atoms with E-state index in [4.69, 9.17) is 9.72 Å². The highest BCUT2D eigenvalue weighted by molar-refractivity contribution is 7.88. The Balaban J connectivity index is 1.19. The maximum absolute atomic E-state index is 12.2. The average molecular weight is 535 g/mol. The molecule has 6 rings (SSSR count). The van der Waals surface area contributed by atoms with Crippen molar-refractivity contribution < 1.29 is 17.9 Å². The molecule has 2 bridgehead atoms. The molecule has 4 heterocycles. The molecule has 2 N–H and O–H groups in total. The number of piperazine rings is 1. The summed E-state index contributed by atoms with van der Waals surface area (Å²) in [5.41, 5.74) is 4.34. The Morgan fingerprint density at radius 1 is 1.11 bits per heavy atom. The van der Waals surface area contributed by atoms with Gasteiger partial charge >= 0.3 is 0 Å². The van der Waals surface area contributed by atoms with Crippen LogP contribution in [0, 0.1) is 6.92 Å². The summed E-state index contributed by atoms with van der Waals surface area (Å²) in [6, 6.07) is 13.8. The first-order valence-corrected chi connectivity index (χ1v) is 14.4. The zero-order chi connectivity index (χ0) is 26.8. The van der Waals surface area contributed by atoms with E-state index in [1.807, 2.05) is 30.3 Å². The van der Waals surface area contributed by atoms with Gasteiger partial charge in [-0.15, -0.1) is 0 Å². The number of benzene rings is 2. The van der Waals surface area contributed by atoms with Gasteiger partial charge in [0.05, 0.1) is 17.6 Å². The maximum atomic E-state index is 12.2. The number of hydrogen-bond acceptors (Lipinski definition) is 8. The quantitative estimate of drug-likeness (QED) is 0.511. The summed E-state index contributed by atoms with van der Waals surface area (Å²) < 4.78 is 31.6. The van der Waals surface area contributed by atoms with Crippen molar-refractivity contribution in [3.63, 3.8) is 0 Å². The number of nitrogens with one attached hydrogen (secondary N) is 2. The van der Waals surface area contributed by atoms with E-state index in [1.165, 1.54) is 6.26 Å². The molecule has 2 aromatic carbocycles. The fourth-order valence-corrected chi connectivity index (χ4v) is 6.70. The standard InChI is InChI=1S/C27H30N6O4S/c1-16-11-18(6-8-23(16)32-14-20-13-19(32)15-33(20)38(4,35)36)29-26-28-10-9-21(31-26)17-5-7-22-24(12-17)37-27(2,3)25(34)30-22/h5-12,19-20H,13-15H2,1-4H3,(H,30,34)(H,28,29,31)/t19-,20-/m0/s1. The second kappa shape index (κ2) is 8.67. The van der Waals surface area contributed by atoms with Crippen molar-refractivity contribution in [2.45, 2.75) is 44.9 Å². The fraction of sp³-hybridized carbons (Fsp3) is 0.370. The zero-order valence-corrected chi connectivity index (χ0v) is 22.5. The van der Waals surface area contributed by atoms with Crippen LogP contribution in [0.1, 0.15) is 25.8 Å². The van der Waals surface area contributed by atoms with Crippen molar-refractivity contribution in [3.8, 4) is 17.0 Å². The molecule has 2 fully saturated rings. The van der Waals surface area contributed by atoms with Gasteiger partial charge in [-0.3, -0.25) is 4.79 Å². The molecule has 1 aromatic heterocycles. The van der Waals surface area contributed by atoms with Gasteiger partial charge in [0, 0.05) is 48.3 Å². The van der Waals surface area contributed by atoms with Crippen LogP contribution in [0.15, 0.2) is 48.7 Å². The predicted octanol–water partition coefficient (Wildman–Crippen LogP) is 3.53. The topological polar surface area (TPSA) is 117 Å². The van der Waals surface area contributed by atoms with E-state index in [2.05, 4.69) is 39.6 Å². The van der Waals surface area contributed by atoms with E-state index in [-0.39, 0.29) is 18.0 Å². The average Bonchev–Trinajstić information content (AvgIpc) is 3.46. The zero-order valence-electron chi connectivity index (χ0n) is 21.7. The SMILES string of the molecule is Cc1cc(Nc2nccc(-c3ccc4c(c3)OC(C)(C)C(=O)N4)n2)ccc1N1C[C@@H]2C[C@H]1CN2S(C)(=O)=O. The highest BCUT2D eigenvalue weighted by Crippen LogP contribution is 2.39. The number of fused-ring (bicyclic) bond motifs is 3. The molecule has 2 saturated heterocycles. The highest BCUT2D eigenvalue weighted by Gasteiger charge is 2.47. The van der Waals surface area contributed by atoms with E-state index < -0.39 is 15.6 Å². The summed E-state index contributed by atoms with van der Waals surface area (Å²) in [4.78, 5) is 23.6. The molecule has 0 aliphatic carbocycles. The molecule has 10 nitrogen and oxygen atoms in total. The first kappa shape index (κ1) is 24.6. The minimum Gasteiger partial charge on any atom is -0.476 e. The Bertz CT molecular complexity index is 1560. The highest BCUT2D eigenvalue weighted by atomic mass is 32.2. The first-order chi connectivity index (χ1) is 18.0. The minimum absolute atomic E-state index is 0.0414. The van der Waals surface area contributed by atoms with Crippen LogP contribution in [0.3, 0.4) is 0 Å². The van der Waals surface area contributed by atoms with Gasteiger partial charge < -0.3 is 20.3 Å². The van der Waals surface area contributed by atoms with Crippen molar-refractivity contribution in [2.24, 2.45) is 0 Å². The van der Waals surface area contributed by atoms with E-state index >= 15 is 0 Å². The van der Waals surface area contributed by atoms with Gasteiger partial charge in [-0.25, -0.2) is 18.4 Å². The molecule has 11 heteroatoms. The van der Waals surface area contributed by atoms with E-state index in [0.717, 1.165) is 34.6 Å². The van der Waals surface area contributed by atoms with Gasteiger partial charge in [-0.1, -0.05) is 6.07 Å². The van der Waals surface area contributed by atoms with Crippen molar-refractivity contribution in [2.75, 3.05) is 34.9 Å². The number of sulfonamides is 1. The summed E-state index contributed by atoms with van der Waals surface area (Å²) in [7, 11) is -3.17. The third-order valence-corrected chi connectivity index (χ3v) is 8.77. The van der Waals surface area contributed by atoms with Crippen molar-refractivity contribution in [3.05, 3.63) is 54.2 Å². The molecule has 3 aliphatic heterocycles. The Morgan fingerprint density at radius 3 is 2.63 bits per heavy atom. The summed E-state index contributed by atoms with van der Waals surface area (Å²) in [6.07, 6.45) is 3.86. The van der Waals surface area contributed by atoms with Crippen LogP contribution in [-0.4, -0.2) is 65.6 Å². The number of aromatic nitrogens is 2. The molecule has 0 unspecified atom stereocenters. The Labute approximate surface area is 222 Å². The summed E-state index contributed by atoms with van der Waals surface area (Å²) in [5, 5.41) is 6.18. The van der Waals surface area contributed by atoms with E-state index in [0.29, 0.717) is 30.5 Å². The van der Waals surface area contributed by atoms with Gasteiger partial charge in [0.2, 0.25) is 16.0 Å². The first-order valence-electron chi connectivity index (χ1n) is 12.6. The number of amides is 1. The van der Waals surface area contributed by atoms with Crippen LogP contribution in [0.5, 0.6) is 5.75 Å². The monoisotopic (exact) mass is 534 g/mol. The normalized spacial score (nSPS) is 22.1. The van der Waals surface area contributed by atoms with Crippen LogP contribution < -0.4 is 20.3 Å². The third kappa shape index (κ3) is 4.35. The van der Waals surface area contributed by atoms with Crippen LogP contribution in [0.4, 0.5) is 23.0 Å². The number of carbonyl (C=O) groups excluding carboxylic acids is 1. The molecule has 0 radical (unpaired) electrons. The van der Waals surface area contributed by atoms with E-state index in [1.54, 1.807) is 24.3 Å². The van der Waals surface area contributed by atoms with Crippen molar-refractivity contribution >= 4 is 38.9 Å². The van der Waals surface area contributed by atoms with Crippen LogP contribution in [0.25, 0.3) is 11.3 Å². The lowest BCUT2D eigenvalue weighted by Gasteiger charge is -2.35. The number of ether oxygens (including phenoxy) is 1. The molecule has 3 aromatic rings. The largest absolute Gasteiger partial charge is 0.476 e. The Morgan fingerprint density at radius 2 is 1.92 bits per heavy atom. The number of hydrogen-bond donors (Lipinski definition) is 2. The molecular weight excluding hydrogens is 504 g/mol. The van der Waals surface area contributed by atoms with Gasteiger partial charge in [0.1, 0.15) is 5.75 Å². The van der Waals surface area contributed by atoms with Gasteiger partial charge in [0.15, 0.2) is 5.60 Å². The Kier molecular flexibility index (Phi) is 5.62.